The molecule has 0 saturated heterocycles. The predicted octanol–water partition coefficient (Wildman–Crippen LogP) is 8.24. The van der Waals surface area contributed by atoms with Gasteiger partial charge in [0.05, 0.1) is 12.0 Å². The summed E-state index contributed by atoms with van der Waals surface area (Å²) in [6.45, 7) is 0. The van der Waals surface area contributed by atoms with E-state index in [9.17, 15) is 0 Å². The first-order valence-corrected chi connectivity index (χ1v) is 14.1. The summed E-state index contributed by atoms with van der Waals surface area (Å²) in [5, 5.41) is 0. The number of aromatic nitrogens is 2. The van der Waals surface area contributed by atoms with E-state index >= 15 is 0 Å². The van der Waals surface area contributed by atoms with Gasteiger partial charge in [-0.2, -0.15) is 0 Å². The molecule has 5 aromatic rings. The molecular formula is C37H34N2. The molecule has 2 unspecified atom stereocenters. The molecule has 6 rings (SSSR count). The highest BCUT2D eigenvalue weighted by atomic mass is 15.1. The van der Waals surface area contributed by atoms with Crippen LogP contribution in [0, 0.1) is 17.8 Å². The van der Waals surface area contributed by atoms with Gasteiger partial charge in [-0.25, -0.2) is 4.98 Å². The molecule has 1 heterocycles. The molecule has 2 heteroatoms. The van der Waals surface area contributed by atoms with E-state index in [1.54, 1.807) is 0 Å². The molecule has 0 N–H and O–H groups in total. The zero-order valence-corrected chi connectivity index (χ0v) is 22.3. The van der Waals surface area contributed by atoms with Crippen LogP contribution in [0.4, 0.5) is 0 Å². The Hall–Kier alpha value is -4.35. The minimum Gasteiger partial charge on any atom is -0.319 e. The van der Waals surface area contributed by atoms with E-state index in [1.165, 1.54) is 28.7 Å². The first-order valence-electron chi connectivity index (χ1n) is 14.1. The highest BCUT2D eigenvalue weighted by molar-refractivity contribution is 5.51. The SMILES string of the molecule is C(#CC1CC1c1cn(C(c2ccccc2)(c2ccccc2)c2ccccc2)cn1)CCCCc1ccccc1. The smallest absolute Gasteiger partial charge is 0.121 e. The van der Waals surface area contributed by atoms with Gasteiger partial charge >= 0.3 is 0 Å². The van der Waals surface area contributed by atoms with E-state index in [2.05, 4.69) is 144 Å². The van der Waals surface area contributed by atoms with Crippen molar-refractivity contribution in [3.05, 3.63) is 162 Å². The molecule has 0 radical (unpaired) electrons. The van der Waals surface area contributed by atoms with Crippen molar-refractivity contribution < 1.29 is 0 Å². The van der Waals surface area contributed by atoms with Crippen LogP contribution in [0.25, 0.3) is 0 Å². The first-order chi connectivity index (χ1) is 19.4. The number of nitrogens with zero attached hydrogens (tertiary/aromatic N) is 2. The van der Waals surface area contributed by atoms with Gasteiger partial charge in [0.15, 0.2) is 0 Å². The fraction of sp³-hybridized carbons (Fsp3) is 0.216. The summed E-state index contributed by atoms with van der Waals surface area (Å²) in [7, 11) is 0. The summed E-state index contributed by atoms with van der Waals surface area (Å²) < 4.78 is 2.31. The van der Waals surface area contributed by atoms with Crippen molar-refractivity contribution >= 4 is 0 Å². The summed E-state index contributed by atoms with van der Waals surface area (Å²) in [4.78, 5) is 4.96. The van der Waals surface area contributed by atoms with Gasteiger partial charge in [-0.1, -0.05) is 127 Å². The highest BCUT2D eigenvalue weighted by Gasteiger charge is 2.42. The van der Waals surface area contributed by atoms with E-state index in [-0.39, 0.29) is 0 Å². The van der Waals surface area contributed by atoms with Gasteiger partial charge in [-0.15, -0.1) is 5.92 Å². The van der Waals surface area contributed by atoms with Crippen LogP contribution >= 0.6 is 0 Å². The van der Waals surface area contributed by atoms with Gasteiger partial charge in [0.25, 0.3) is 0 Å². The summed E-state index contributed by atoms with van der Waals surface area (Å²) >= 11 is 0. The third-order valence-corrected chi connectivity index (χ3v) is 7.88. The molecule has 1 aliphatic rings. The number of rotatable bonds is 9. The number of hydrogen-bond donors (Lipinski definition) is 0. The Morgan fingerprint density at radius 1 is 0.692 bits per heavy atom. The number of benzene rings is 4. The molecule has 39 heavy (non-hydrogen) atoms. The largest absolute Gasteiger partial charge is 0.319 e. The van der Waals surface area contributed by atoms with Crippen molar-refractivity contribution in [3.63, 3.8) is 0 Å². The van der Waals surface area contributed by atoms with Gasteiger partial charge in [-0.3, -0.25) is 0 Å². The number of aryl methyl sites for hydroxylation is 1. The molecule has 0 bridgehead atoms. The lowest BCUT2D eigenvalue weighted by Crippen LogP contribution is -2.36. The monoisotopic (exact) mass is 506 g/mol. The topological polar surface area (TPSA) is 17.8 Å². The second-order valence-electron chi connectivity index (χ2n) is 10.5. The minimum atomic E-state index is -0.510. The maximum atomic E-state index is 4.96. The highest BCUT2D eigenvalue weighted by Crippen LogP contribution is 2.48. The van der Waals surface area contributed by atoms with Crippen molar-refractivity contribution in [1.82, 2.24) is 9.55 Å². The van der Waals surface area contributed by atoms with Crippen molar-refractivity contribution in [2.75, 3.05) is 0 Å². The number of hydrogen-bond acceptors (Lipinski definition) is 1. The molecule has 2 atom stereocenters. The second-order valence-corrected chi connectivity index (χ2v) is 10.5. The molecule has 192 valence electrons. The average molecular weight is 507 g/mol. The van der Waals surface area contributed by atoms with E-state index in [1.807, 2.05) is 6.33 Å². The van der Waals surface area contributed by atoms with Crippen LogP contribution in [-0.4, -0.2) is 9.55 Å². The number of unbranched alkanes of at least 4 members (excludes halogenated alkanes) is 2. The Balaban J connectivity index is 1.23. The first kappa shape index (κ1) is 25.0. The zero-order chi connectivity index (χ0) is 26.3. The van der Waals surface area contributed by atoms with Gasteiger partial charge in [0.2, 0.25) is 0 Å². The molecule has 2 nitrogen and oxygen atoms in total. The summed E-state index contributed by atoms with van der Waals surface area (Å²) in [5.41, 5.74) is 5.70. The van der Waals surface area contributed by atoms with E-state index in [4.69, 9.17) is 4.98 Å². The molecule has 4 aromatic carbocycles. The van der Waals surface area contributed by atoms with Gasteiger partial charge in [-0.05, 0) is 47.9 Å². The third kappa shape index (κ3) is 5.31. The van der Waals surface area contributed by atoms with Gasteiger partial charge < -0.3 is 4.57 Å². The standard InChI is InChI=1S/C37H34N2/c1(7-17-30-18-8-3-9-19-30)2-10-20-31-27-35(31)36-28-39(29-38-36)37(32-21-11-4-12-22-32,33-23-13-5-14-24-33)34-25-15-6-16-26-34/h3-6,8-9,11-16,18-19,21-26,28-29,31,35H,1-2,7,17,27H2. The lowest BCUT2D eigenvalue weighted by Gasteiger charge is -2.37. The Morgan fingerprint density at radius 2 is 1.23 bits per heavy atom. The van der Waals surface area contributed by atoms with E-state index in [0.29, 0.717) is 11.8 Å². The minimum absolute atomic E-state index is 0.419. The Morgan fingerprint density at radius 3 is 1.79 bits per heavy atom. The molecule has 1 saturated carbocycles. The molecule has 1 aliphatic carbocycles. The quantitative estimate of drug-likeness (QED) is 0.112. The maximum Gasteiger partial charge on any atom is 0.121 e. The molecule has 1 aromatic heterocycles. The predicted molar refractivity (Wildman–Crippen MR) is 159 cm³/mol. The van der Waals surface area contributed by atoms with Crippen LogP contribution in [-0.2, 0) is 12.0 Å². The van der Waals surface area contributed by atoms with Gasteiger partial charge in [0.1, 0.15) is 5.54 Å². The molecule has 1 fully saturated rings. The summed E-state index contributed by atoms with van der Waals surface area (Å²) in [5.74, 6) is 7.85. The van der Waals surface area contributed by atoms with Crippen LogP contribution in [0.5, 0.6) is 0 Å². The fourth-order valence-corrected chi connectivity index (χ4v) is 5.77. The molecule has 0 amide bonds. The lowest BCUT2D eigenvalue weighted by atomic mass is 9.77. The Labute approximate surface area is 232 Å². The van der Waals surface area contributed by atoms with Crippen molar-refractivity contribution in [2.45, 2.75) is 43.6 Å². The fourth-order valence-electron chi connectivity index (χ4n) is 5.77. The number of imidazole rings is 1. The molecule has 0 aliphatic heterocycles. The van der Waals surface area contributed by atoms with Gasteiger partial charge in [0, 0.05) is 24.5 Å². The van der Waals surface area contributed by atoms with E-state index in [0.717, 1.165) is 31.4 Å². The van der Waals surface area contributed by atoms with Crippen LogP contribution < -0.4 is 0 Å². The van der Waals surface area contributed by atoms with Crippen LogP contribution in [0.2, 0.25) is 0 Å². The van der Waals surface area contributed by atoms with Crippen LogP contribution in [0.1, 0.15) is 59.5 Å². The third-order valence-electron chi connectivity index (χ3n) is 7.88. The van der Waals surface area contributed by atoms with Crippen LogP contribution in [0.3, 0.4) is 0 Å². The van der Waals surface area contributed by atoms with Crippen molar-refractivity contribution in [3.8, 4) is 11.8 Å². The lowest BCUT2D eigenvalue weighted by molar-refractivity contribution is 0.514. The normalized spacial score (nSPS) is 16.3. The Kier molecular flexibility index (Phi) is 7.41. The summed E-state index contributed by atoms with van der Waals surface area (Å²) in [6, 6.07) is 43.1. The Bertz CT molecular complexity index is 1430. The summed E-state index contributed by atoms with van der Waals surface area (Å²) in [6.07, 6.45) is 9.85. The second kappa shape index (κ2) is 11.6. The maximum absolute atomic E-state index is 4.96. The average Bonchev–Trinajstić information content (AvgIpc) is 3.62. The van der Waals surface area contributed by atoms with Crippen LogP contribution in [0.15, 0.2) is 134 Å². The molecular weight excluding hydrogens is 472 g/mol. The molecule has 0 spiro atoms. The zero-order valence-electron chi connectivity index (χ0n) is 22.3. The van der Waals surface area contributed by atoms with E-state index < -0.39 is 5.54 Å². The van der Waals surface area contributed by atoms with Crippen molar-refractivity contribution in [1.29, 1.82) is 0 Å². The van der Waals surface area contributed by atoms with Crippen molar-refractivity contribution in [2.24, 2.45) is 5.92 Å².